The topological polar surface area (TPSA) is 92.5 Å². The standard InChI is InChI=1S/C10H11N3O4/c1-5-3-11-17-8(5)10(16)13-4-7(14)12-9(15)6(13)2/h3,6H,4H2,1-2H3,(H,12,14,15). The Morgan fingerprint density at radius 2 is 2.29 bits per heavy atom. The summed E-state index contributed by atoms with van der Waals surface area (Å²) in [5.41, 5.74) is 0.570. The summed E-state index contributed by atoms with van der Waals surface area (Å²) in [6.07, 6.45) is 1.41. The Labute approximate surface area is 96.7 Å². The number of amides is 3. The molecular weight excluding hydrogens is 226 g/mol. The van der Waals surface area contributed by atoms with Crippen LogP contribution in [0.25, 0.3) is 0 Å². The zero-order chi connectivity index (χ0) is 12.6. The number of carbonyl (C=O) groups excluding carboxylic acids is 3. The van der Waals surface area contributed by atoms with Crippen LogP contribution in [0.1, 0.15) is 23.0 Å². The fourth-order valence-corrected chi connectivity index (χ4v) is 1.59. The van der Waals surface area contributed by atoms with Crippen LogP contribution in [-0.2, 0) is 9.59 Å². The molecule has 1 fully saturated rings. The van der Waals surface area contributed by atoms with Gasteiger partial charge in [0.1, 0.15) is 12.6 Å². The van der Waals surface area contributed by atoms with E-state index in [1.54, 1.807) is 13.8 Å². The van der Waals surface area contributed by atoms with E-state index in [4.69, 9.17) is 4.52 Å². The lowest BCUT2D eigenvalue weighted by molar-refractivity contribution is -0.138. The van der Waals surface area contributed by atoms with E-state index in [2.05, 4.69) is 10.5 Å². The van der Waals surface area contributed by atoms with Crippen molar-refractivity contribution >= 4 is 17.7 Å². The minimum atomic E-state index is -0.704. The second-order valence-corrected chi connectivity index (χ2v) is 3.86. The van der Waals surface area contributed by atoms with Crippen LogP contribution in [0.5, 0.6) is 0 Å². The molecule has 1 unspecified atom stereocenters. The molecule has 0 radical (unpaired) electrons. The van der Waals surface area contributed by atoms with Gasteiger partial charge in [0.15, 0.2) is 0 Å². The number of piperazine rings is 1. The van der Waals surface area contributed by atoms with Crippen LogP contribution >= 0.6 is 0 Å². The second kappa shape index (κ2) is 4.00. The Morgan fingerprint density at radius 3 is 2.88 bits per heavy atom. The van der Waals surface area contributed by atoms with Crippen molar-refractivity contribution in [1.82, 2.24) is 15.4 Å². The highest BCUT2D eigenvalue weighted by Crippen LogP contribution is 2.14. The SMILES string of the molecule is Cc1cnoc1C(=O)N1CC(=O)NC(=O)C1C. The molecule has 7 nitrogen and oxygen atoms in total. The van der Waals surface area contributed by atoms with Gasteiger partial charge < -0.3 is 9.42 Å². The zero-order valence-corrected chi connectivity index (χ0v) is 9.39. The third-order valence-corrected chi connectivity index (χ3v) is 2.63. The van der Waals surface area contributed by atoms with E-state index in [9.17, 15) is 14.4 Å². The van der Waals surface area contributed by atoms with E-state index in [-0.39, 0.29) is 12.3 Å². The molecule has 1 aromatic rings. The molecule has 7 heteroatoms. The number of hydrogen-bond donors (Lipinski definition) is 1. The molecule has 0 bridgehead atoms. The molecule has 1 saturated heterocycles. The molecule has 1 aliphatic heterocycles. The minimum absolute atomic E-state index is 0.0550. The maximum Gasteiger partial charge on any atom is 0.293 e. The van der Waals surface area contributed by atoms with Gasteiger partial charge in [0.05, 0.1) is 6.20 Å². The molecule has 1 N–H and O–H groups in total. The predicted molar refractivity (Wildman–Crippen MR) is 54.9 cm³/mol. The number of hydrogen-bond acceptors (Lipinski definition) is 5. The maximum atomic E-state index is 12.0. The van der Waals surface area contributed by atoms with Crippen LogP contribution in [0, 0.1) is 6.92 Å². The lowest BCUT2D eigenvalue weighted by atomic mass is 10.1. The van der Waals surface area contributed by atoms with E-state index >= 15 is 0 Å². The Hall–Kier alpha value is -2.18. The first-order valence-electron chi connectivity index (χ1n) is 5.06. The fraction of sp³-hybridized carbons (Fsp3) is 0.400. The van der Waals surface area contributed by atoms with Gasteiger partial charge in [-0.05, 0) is 13.8 Å². The van der Waals surface area contributed by atoms with E-state index in [0.29, 0.717) is 5.56 Å². The molecule has 1 aromatic heterocycles. The van der Waals surface area contributed by atoms with E-state index < -0.39 is 23.8 Å². The summed E-state index contributed by atoms with van der Waals surface area (Å²) in [7, 11) is 0. The molecule has 2 rings (SSSR count). The largest absolute Gasteiger partial charge is 0.351 e. The first-order valence-corrected chi connectivity index (χ1v) is 5.06. The molecular formula is C10H11N3O4. The minimum Gasteiger partial charge on any atom is -0.351 e. The van der Waals surface area contributed by atoms with E-state index in [1.807, 2.05) is 0 Å². The molecule has 0 aliphatic carbocycles. The summed E-state index contributed by atoms with van der Waals surface area (Å²) in [6.45, 7) is 3.05. The van der Waals surface area contributed by atoms with Crippen molar-refractivity contribution in [3.63, 3.8) is 0 Å². The highest BCUT2D eigenvalue weighted by molar-refractivity contribution is 6.06. The Balaban J connectivity index is 2.27. The van der Waals surface area contributed by atoms with Gasteiger partial charge in [0.2, 0.25) is 17.6 Å². The maximum absolute atomic E-state index is 12.0. The summed E-state index contributed by atoms with van der Waals surface area (Å²) >= 11 is 0. The first kappa shape index (κ1) is 11.3. The molecule has 1 atom stereocenters. The van der Waals surface area contributed by atoms with Crippen molar-refractivity contribution in [2.45, 2.75) is 19.9 Å². The van der Waals surface area contributed by atoms with Gasteiger partial charge in [-0.3, -0.25) is 19.7 Å². The molecule has 0 saturated carbocycles. The van der Waals surface area contributed by atoms with Crippen molar-refractivity contribution in [3.8, 4) is 0 Å². The van der Waals surface area contributed by atoms with Crippen molar-refractivity contribution in [1.29, 1.82) is 0 Å². The number of aryl methyl sites for hydroxylation is 1. The molecule has 2 heterocycles. The number of imide groups is 1. The van der Waals surface area contributed by atoms with Crippen LogP contribution in [0.2, 0.25) is 0 Å². The van der Waals surface area contributed by atoms with Crippen LogP contribution in [0.15, 0.2) is 10.7 Å². The third-order valence-electron chi connectivity index (χ3n) is 2.63. The Morgan fingerprint density at radius 1 is 1.59 bits per heavy atom. The number of aromatic nitrogens is 1. The zero-order valence-electron chi connectivity index (χ0n) is 9.39. The van der Waals surface area contributed by atoms with Gasteiger partial charge in [-0.1, -0.05) is 5.16 Å². The summed E-state index contributed by atoms with van der Waals surface area (Å²) in [5.74, 6) is -1.44. The summed E-state index contributed by atoms with van der Waals surface area (Å²) in [6, 6.07) is -0.704. The number of nitrogens with zero attached hydrogens (tertiary/aromatic N) is 2. The summed E-state index contributed by atoms with van der Waals surface area (Å²) in [4.78, 5) is 35.8. The summed E-state index contributed by atoms with van der Waals surface area (Å²) in [5, 5.41) is 5.65. The third kappa shape index (κ3) is 1.91. The monoisotopic (exact) mass is 237 g/mol. The number of rotatable bonds is 1. The van der Waals surface area contributed by atoms with Crippen molar-refractivity contribution < 1.29 is 18.9 Å². The molecule has 1 aliphatic rings. The lowest BCUT2D eigenvalue weighted by Crippen LogP contribution is -2.58. The fourth-order valence-electron chi connectivity index (χ4n) is 1.59. The highest BCUT2D eigenvalue weighted by Gasteiger charge is 2.35. The smallest absolute Gasteiger partial charge is 0.293 e. The van der Waals surface area contributed by atoms with Crippen LogP contribution in [0.3, 0.4) is 0 Å². The number of nitrogens with one attached hydrogen (secondary N) is 1. The van der Waals surface area contributed by atoms with E-state index in [1.165, 1.54) is 6.20 Å². The highest BCUT2D eigenvalue weighted by atomic mass is 16.5. The van der Waals surface area contributed by atoms with Gasteiger partial charge in [0, 0.05) is 5.56 Å². The first-order chi connectivity index (χ1) is 8.00. The van der Waals surface area contributed by atoms with Gasteiger partial charge in [-0.2, -0.15) is 0 Å². The van der Waals surface area contributed by atoms with Gasteiger partial charge in [0.25, 0.3) is 5.91 Å². The van der Waals surface area contributed by atoms with Crippen LogP contribution < -0.4 is 5.32 Å². The van der Waals surface area contributed by atoms with Crippen molar-refractivity contribution in [2.75, 3.05) is 6.54 Å². The normalized spacial score (nSPS) is 20.4. The molecule has 90 valence electrons. The molecule has 17 heavy (non-hydrogen) atoms. The molecule has 3 amide bonds. The summed E-state index contributed by atoms with van der Waals surface area (Å²) < 4.78 is 4.81. The van der Waals surface area contributed by atoms with Crippen molar-refractivity contribution in [2.24, 2.45) is 0 Å². The Kier molecular flexibility index (Phi) is 2.66. The second-order valence-electron chi connectivity index (χ2n) is 3.86. The Bertz CT molecular complexity index is 493. The quantitative estimate of drug-likeness (QED) is 0.663. The number of carbonyl (C=O) groups is 3. The van der Waals surface area contributed by atoms with E-state index in [0.717, 1.165) is 4.90 Å². The average Bonchev–Trinajstić information content (AvgIpc) is 2.69. The van der Waals surface area contributed by atoms with Gasteiger partial charge >= 0.3 is 0 Å². The molecule has 0 spiro atoms. The predicted octanol–water partition coefficient (Wildman–Crippen LogP) is -0.530. The molecule has 0 aromatic carbocycles. The van der Waals surface area contributed by atoms with Crippen LogP contribution in [0.4, 0.5) is 0 Å². The van der Waals surface area contributed by atoms with Gasteiger partial charge in [-0.25, -0.2) is 0 Å². The van der Waals surface area contributed by atoms with Gasteiger partial charge in [-0.15, -0.1) is 0 Å². The average molecular weight is 237 g/mol. The lowest BCUT2D eigenvalue weighted by Gasteiger charge is -2.30. The van der Waals surface area contributed by atoms with Crippen molar-refractivity contribution in [3.05, 3.63) is 17.5 Å². The van der Waals surface area contributed by atoms with Crippen LogP contribution in [-0.4, -0.2) is 40.4 Å².